The van der Waals surface area contributed by atoms with E-state index in [9.17, 15) is 4.79 Å². The molecule has 1 heterocycles. The summed E-state index contributed by atoms with van der Waals surface area (Å²) < 4.78 is 12.5. The number of aromatic nitrogens is 1. The van der Waals surface area contributed by atoms with Gasteiger partial charge in [-0.05, 0) is 20.8 Å². The van der Waals surface area contributed by atoms with E-state index in [1.54, 1.807) is 4.57 Å². The Labute approximate surface area is 93.4 Å². The van der Waals surface area contributed by atoms with Gasteiger partial charge in [-0.25, -0.2) is 0 Å². The number of thiazole rings is 1. The van der Waals surface area contributed by atoms with Crippen molar-refractivity contribution in [2.45, 2.75) is 33.6 Å². The third-order valence-electron chi connectivity index (χ3n) is 2.01. The fourth-order valence-electron chi connectivity index (χ4n) is 1.30. The third kappa shape index (κ3) is 3.44. The highest BCUT2D eigenvalue weighted by atomic mass is 32.1. The summed E-state index contributed by atoms with van der Waals surface area (Å²) in [5, 5.41) is 1.84. The normalized spacial score (nSPS) is 11.2. The Morgan fingerprint density at radius 3 is 2.40 bits per heavy atom. The molecular formula is C10H17NO3S. The van der Waals surface area contributed by atoms with Gasteiger partial charge in [-0.3, -0.25) is 9.36 Å². The zero-order valence-corrected chi connectivity index (χ0v) is 10.2. The number of ether oxygens (including phenoxy) is 2. The third-order valence-corrected chi connectivity index (χ3v) is 2.89. The van der Waals surface area contributed by atoms with E-state index in [0.29, 0.717) is 19.8 Å². The van der Waals surface area contributed by atoms with E-state index in [1.807, 2.05) is 26.2 Å². The first-order chi connectivity index (χ1) is 7.19. The van der Waals surface area contributed by atoms with Gasteiger partial charge in [-0.2, -0.15) is 0 Å². The molecule has 0 fully saturated rings. The molecule has 5 heteroatoms. The first kappa shape index (κ1) is 12.4. The molecule has 4 nitrogen and oxygen atoms in total. The Balaban J connectivity index is 2.68. The predicted molar refractivity (Wildman–Crippen MR) is 60.4 cm³/mol. The van der Waals surface area contributed by atoms with Crippen LogP contribution in [-0.2, 0) is 16.0 Å². The van der Waals surface area contributed by atoms with Crippen LogP contribution in [0.15, 0.2) is 10.2 Å². The van der Waals surface area contributed by atoms with E-state index in [0.717, 1.165) is 5.69 Å². The minimum Gasteiger partial charge on any atom is -0.351 e. The van der Waals surface area contributed by atoms with E-state index in [1.165, 1.54) is 11.3 Å². The zero-order valence-electron chi connectivity index (χ0n) is 9.36. The van der Waals surface area contributed by atoms with Gasteiger partial charge in [0.25, 0.3) is 0 Å². The van der Waals surface area contributed by atoms with Crippen molar-refractivity contribution in [3.63, 3.8) is 0 Å². The van der Waals surface area contributed by atoms with Crippen LogP contribution in [0.2, 0.25) is 0 Å². The van der Waals surface area contributed by atoms with Crippen LogP contribution in [0.1, 0.15) is 19.5 Å². The van der Waals surface area contributed by atoms with Crippen molar-refractivity contribution in [1.29, 1.82) is 0 Å². The largest absolute Gasteiger partial charge is 0.351 e. The molecule has 0 aromatic carbocycles. The molecule has 0 aliphatic heterocycles. The molecule has 0 aliphatic carbocycles. The zero-order chi connectivity index (χ0) is 11.3. The summed E-state index contributed by atoms with van der Waals surface area (Å²) in [6, 6.07) is 0. The number of hydrogen-bond donors (Lipinski definition) is 0. The molecule has 0 amide bonds. The van der Waals surface area contributed by atoms with Crippen molar-refractivity contribution in [3.8, 4) is 0 Å². The minimum atomic E-state index is -0.328. The number of nitrogens with zero attached hydrogens (tertiary/aromatic N) is 1. The Morgan fingerprint density at radius 1 is 1.40 bits per heavy atom. The summed E-state index contributed by atoms with van der Waals surface area (Å²) in [5.41, 5.74) is 0.953. The second-order valence-corrected chi connectivity index (χ2v) is 3.91. The van der Waals surface area contributed by atoms with Gasteiger partial charge in [0.15, 0.2) is 6.29 Å². The molecule has 0 bridgehead atoms. The summed E-state index contributed by atoms with van der Waals surface area (Å²) in [6.45, 7) is 7.37. The minimum absolute atomic E-state index is 0.0388. The van der Waals surface area contributed by atoms with Crippen LogP contribution < -0.4 is 4.87 Å². The topological polar surface area (TPSA) is 40.5 Å². The maximum Gasteiger partial charge on any atom is 0.307 e. The number of hydrogen-bond acceptors (Lipinski definition) is 4. The van der Waals surface area contributed by atoms with Gasteiger partial charge in [0, 0.05) is 24.3 Å². The van der Waals surface area contributed by atoms with Crippen molar-refractivity contribution in [2.75, 3.05) is 13.2 Å². The lowest BCUT2D eigenvalue weighted by Crippen LogP contribution is -2.28. The number of rotatable bonds is 6. The molecule has 1 aromatic heterocycles. The van der Waals surface area contributed by atoms with Crippen LogP contribution in [0, 0.1) is 6.92 Å². The summed E-state index contributed by atoms with van der Waals surface area (Å²) in [4.78, 5) is 11.5. The molecule has 1 rings (SSSR count). The van der Waals surface area contributed by atoms with Gasteiger partial charge in [0.1, 0.15) is 0 Å². The maximum absolute atomic E-state index is 11.5. The van der Waals surface area contributed by atoms with Crippen molar-refractivity contribution in [2.24, 2.45) is 0 Å². The molecule has 0 unspecified atom stereocenters. The van der Waals surface area contributed by atoms with Crippen LogP contribution in [0.25, 0.3) is 0 Å². The van der Waals surface area contributed by atoms with Crippen LogP contribution in [0.3, 0.4) is 0 Å². The maximum atomic E-state index is 11.5. The highest BCUT2D eigenvalue weighted by Gasteiger charge is 2.12. The fourth-order valence-corrected chi connectivity index (χ4v) is 2.04. The lowest BCUT2D eigenvalue weighted by Gasteiger charge is -2.17. The quantitative estimate of drug-likeness (QED) is 0.698. The first-order valence-corrected chi connectivity index (χ1v) is 5.95. The molecular weight excluding hydrogens is 214 g/mol. The van der Waals surface area contributed by atoms with E-state index in [4.69, 9.17) is 9.47 Å². The lowest BCUT2D eigenvalue weighted by molar-refractivity contribution is -0.143. The van der Waals surface area contributed by atoms with E-state index in [2.05, 4.69) is 0 Å². The monoisotopic (exact) mass is 231 g/mol. The molecule has 0 spiro atoms. The molecule has 0 aliphatic rings. The van der Waals surface area contributed by atoms with Gasteiger partial charge >= 0.3 is 4.87 Å². The second-order valence-electron chi connectivity index (χ2n) is 3.09. The Hall–Kier alpha value is -0.650. The van der Waals surface area contributed by atoms with Crippen molar-refractivity contribution < 1.29 is 9.47 Å². The molecule has 0 atom stereocenters. The van der Waals surface area contributed by atoms with Crippen LogP contribution >= 0.6 is 11.3 Å². The SMILES string of the molecule is CCOC(Cn1c(C)csc1=O)OCC. The van der Waals surface area contributed by atoms with Crippen molar-refractivity contribution >= 4 is 11.3 Å². The summed E-state index contributed by atoms with van der Waals surface area (Å²) in [5.74, 6) is 0. The van der Waals surface area contributed by atoms with E-state index < -0.39 is 0 Å². The first-order valence-electron chi connectivity index (χ1n) is 5.07. The Morgan fingerprint density at radius 2 is 2.00 bits per heavy atom. The number of aryl methyl sites for hydroxylation is 1. The van der Waals surface area contributed by atoms with Crippen molar-refractivity contribution in [3.05, 3.63) is 20.7 Å². The highest BCUT2D eigenvalue weighted by Crippen LogP contribution is 2.04. The molecule has 15 heavy (non-hydrogen) atoms. The molecule has 0 radical (unpaired) electrons. The van der Waals surface area contributed by atoms with E-state index in [-0.39, 0.29) is 11.2 Å². The molecule has 1 aromatic rings. The van der Waals surface area contributed by atoms with Crippen LogP contribution in [0.4, 0.5) is 0 Å². The smallest absolute Gasteiger partial charge is 0.307 e. The average Bonchev–Trinajstić information content (AvgIpc) is 2.50. The fraction of sp³-hybridized carbons (Fsp3) is 0.700. The van der Waals surface area contributed by atoms with Crippen LogP contribution in [-0.4, -0.2) is 24.1 Å². The molecule has 86 valence electrons. The Kier molecular flexibility index (Phi) is 5.01. The summed E-state index contributed by atoms with van der Waals surface area (Å²) in [6.07, 6.45) is -0.328. The molecule has 0 N–H and O–H groups in total. The predicted octanol–water partition coefficient (Wildman–Crippen LogP) is 1.62. The van der Waals surface area contributed by atoms with Crippen molar-refractivity contribution in [1.82, 2.24) is 4.57 Å². The molecule has 0 saturated heterocycles. The molecule has 0 saturated carbocycles. The van der Waals surface area contributed by atoms with Gasteiger partial charge in [0.05, 0.1) is 6.54 Å². The highest BCUT2D eigenvalue weighted by molar-refractivity contribution is 7.07. The summed E-state index contributed by atoms with van der Waals surface area (Å²) in [7, 11) is 0. The standard InChI is InChI=1S/C10H17NO3S/c1-4-13-9(14-5-2)6-11-8(3)7-15-10(11)12/h7,9H,4-6H2,1-3H3. The lowest BCUT2D eigenvalue weighted by atomic mass is 10.5. The average molecular weight is 231 g/mol. The van der Waals surface area contributed by atoms with E-state index >= 15 is 0 Å². The second kappa shape index (κ2) is 6.05. The summed E-state index contributed by atoms with van der Waals surface area (Å²) >= 11 is 1.21. The van der Waals surface area contributed by atoms with Gasteiger partial charge < -0.3 is 9.47 Å². The Bertz CT molecular complexity index is 339. The van der Waals surface area contributed by atoms with Gasteiger partial charge in [-0.15, -0.1) is 0 Å². The van der Waals surface area contributed by atoms with Gasteiger partial charge in [-0.1, -0.05) is 11.3 Å². The van der Waals surface area contributed by atoms with Gasteiger partial charge in [0.2, 0.25) is 0 Å². The van der Waals surface area contributed by atoms with Crippen LogP contribution in [0.5, 0.6) is 0 Å².